The number of piperidine rings is 1. The molecule has 1 aromatic carbocycles. The molecule has 2 heteroatoms. The highest BCUT2D eigenvalue weighted by molar-refractivity contribution is 5.88. The van der Waals surface area contributed by atoms with Gasteiger partial charge in [0, 0.05) is 29.2 Å². The quantitative estimate of drug-likeness (QED) is 0.758. The Bertz CT molecular complexity index is 754. The summed E-state index contributed by atoms with van der Waals surface area (Å²) in [6, 6.07) is 9.57. The van der Waals surface area contributed by atoms with Crippen LogP contribution >= 0.6 is 0 Å². The van der Waals surface area contributed by atoms with E-state index in [1.165, 1.54) is 49.7 Å². The highest BCUT2D eigenvalue weighted by atomic mass is 15.2. The summed E-state index contributed by atoms with van der Waals surface area (Å²) < 4.78 is 2.49. The number of para-hydroxylation sites is 1. The summed E-state index contributed by atoms with van der Waals surface area (Å²) in [7, 11) is 0. The Morgan fingerprint density at radius 2 is 2.14 bits per heavy atom. The minimum Gasteiger partial charge on any atom is -0.319 e. The predicted molar refractivity (Wildman–Crippen MR) is 87.2 cm³/mol. The van der Waals surface area contributed by atoms with Gasteiger partial charge in [-0.25, -0.2) is 0 Å². The third-order valence-corrected chi connectivity index (χ3v) is 6.18. The van der Waals surface area contributed by atoms with Gasteiger partial charge >= 0.3 is 0 Å². The second-order valence-corrected chi connectivity index (χ2v) is 6.95. The molecule has 0 spiro atoms. The minimum atomic E-state index is 0.373. The van der Waals surface area contributed by atoms with Gasteiger partial charge in [-0.3, -0.25) is 4.90 Å². The smallest absolute Gasteiger partial charge is 0.0599 e. The van der Waals surface area contributed by atoms with Crippen LogP contribution in [0.15, 0.2) is 30.3 Å². The molecule has 2 aromatic rings. The minimum absolute atomic E-state index is 0.373. The SMILES string of the molecule is CC[C@]12C=Cn3c4c(c5ccccc53)CCN(CCC1)[C@H]42. The number of aromatic nitrogens is 1. The third-order valence-electron chi connectivity index (χ3n) is 6.18. The molecule has 3 aliphatic rings. The van der Waals surface area contributed by atoms with Gasteiger partial charge in [0.1, 0.15) is 0 Å². The van der Waals surface area contributed by atoms with Gasteiger partial charge in [-0.2, -0.15) is 0 Å². The van der Waals surface area contributed by atoms with Crippen LogP contribution in [0.2, 0.25) is 0 Å². The van der Waals surface area contributed by atoms with Crippen LogP contribution in [0.25, 0.3) is 17.1 Å². The lowest BCUT2D eigenvalue weighted by atomic mass is 9.67. The van der Waals surface area contributed by atoms with Gasteiger partial charge in [0.05, 0.1) is 11.6 Å². The lowest BCUT2D eigenvalue weighted by Gasteiger charge is -2.52. The van der Waals surface area contributed by atoms with Crippen LogP contribution in [-0.4, -0.2) is 22.6 Å². The molecule has 0 amide bonds. The summed E-state index contributed by atoms with van der Waals surface area (Å²) in [5.74, 6) is 0. The third kappa shape index (κ3) is 1.37. The Kier molecular flexibility index (Phi) is 2.30. The van der Waals surface area contributed by atoms with E-state index in [1.54, 1.807) is 11.3 Å². The van der Waals surface area contributed by atoms with Crippen molar-refractivity contribution in [2.24, 2.45) is 5.41 Å². The highest BCUT2D eigenvalue weighted by Gasteiger charge is 2.48. The van der Waals surface area contributed by atoms with Crippen molar-refractivity contribution in [1.82, 2.24) is 9.47 Å². The van der Waals surface area contributed by atoms with Gasteiger partial charge < -0.3 is 4.57 Å². The second-order valence-electron chi connectivity index (χ2n) is 6.95. The van der Waals surface area contributed by atoms with Gasteiger partial charge in [-0.1, -0.05) is 31.2 Å². The summed E-state index contributed by atoms with van der Waals surface area (Å²) >= 11 is 0. The lowest BCUT2D eigenvalue weighted by Crippen LogP contribution is -2.50. The number of fused-ring (bicyclic) bond motifs is 3. The molecule has 0 N–H and O–H groups in total. The molecule has 1 aromatic heterocycles. The van der Waals surface area contributed by atoms with E-state index >= 15 is 0 Å². The number of hydrogen-bond acceptors (Lipinski definition) is 1. The first-order valence-corrected chi connectivity index (χ1v) is 8.39. The fraction of sp³-hybridized carbons (Fsp3) is 0.474. The van der Waals surface area contributed by atoms with Gasteiger partial charge in [0.25, 0.3) is 0 Å². The largest absolute Gasteiger partial charge is 0.319 e. The van der Waals surface area contributed by atoms with Crippen molar-refractivity contribution in [1.29, 1.82) is 0 Å². The van der Waals surface area contributed by atoms with Crippen molar-refractivity contribution >= 4 is 17.1 Å². The maximum atomic E-state index is 2.76. The van der Waals surface area contributed by atoms with Gasteiger partial charge in [-0.15, -0.1) is 0 Å². The summed E-state index contributed by atoms with van der Waals surface area (Å²) in [4.78, 5) is 2.76. The van der Waals surface area contributed by atoms with E-state index in [9.17, 15) is 0 Å². The zero-order valence-corrected chi connectivity index (χ0v) is 12.7. The van der Waals surface area contributed by atoms with Crippen LogP contribution in [0.3, 0.4) is 0 Å². The summed E-state index contributed by atoms with van der Waals surface area (Å²) in [5, 5.41) is 1.48. The molecule has 0 saturated carbocycles. The van der Waals surface area contributed by atoms with Crippen molar-refractivity contribution in [3.63, 3.8) is 0 Å². The molecule has 2 nitrogen and oxygen atoms in total. The molecule has 5 rings (SSSR count). The Labute approximate surface area is 126 Å². The molecule has 0 unspecified atom stereocenters. The predicted octanol–water partition coefficient (Wildman–Crippen LogP) is 4.22. The molecule has 3 aliphatic heterocycles. The molecule has 4 heterocycles. The van der Waals surface area contributed by atoms with Gasteiger partial charge in [0.2, 0.25) is 0 Å². The van der Waals surface area contributed by atoms with Crippen molar-refractivity contribution < 1.29 is 0 Å². The van der Waals surface area contributed by atoms with E-state index in [0.29, 0.717) is 11.5 Å². The number of rotatable bonds is 1. The van der Waals surface area contributed by atoms with Crippen molar-refractivity contribution in [2.75, 3.05) is 13.1 Å². The Hall–Kier alpha value is -1.54. The second kappa shape index (κ2) is 4.01. The maximum Gasteiger partial charge on any atom is 0.0599 e. The lowest BCUT2D eigenvalue weighted by molar-refractivity contribution is 0.0278. The molecule has 0 radical (unpaired) electrons. The summed E-state index contributed by atoms with van der Waals surface area (Å²) in [6.45, 7) is 4.89. The summed E-state index contributed by atoms with van der Waals surface area (Å²) in [5.41, 5.74) is 5.00. The molecular formula is C19H22N2. The van der Waals surface area contributed by atoms with E-state index in [0.717, 1.165) is 0 Å². The first-order valence-electron chi connectivity index (χ1n) is 8.39. The molecule has 0 aliphatic carbocycles. The normalized spacial score (nSPS) is 30.6. The first kappa shape index (κ1) is 12.0. The monoisotopic (exact) mass is 278 g/mol. The molecular weight excluding hydrogens is 256 g/mol. The Balaban J connectivity index is 1.86. The van der Waals surface area contributed by atoms with E-state index in [4.69, 9.17) is 0 Å². The molecule has 1 fully saturated rings. The molecule has 108 valence electrons. The molecule has 21 heavy (non-hydrogen) atoms. The topological polar surface area (TPSA) is 8.17 Å². The Morgan fingerprint density at radius 3 is 3.05 bits per heavy atom. The van der Waals surface area contributed by atoms with Crippen LogP contribution in [0.1, 0.15) is 43.5 Å². The highest BCUT2D eigenvalue weighted by Crippen LogP contribution is 2.55. The van der Waals surface area contributed by atoms with Crippen LogP contribution < -0.4 is 0 Å². The van der Waals surface area contributed by atoms with E-state index in [2.05, 4.69) is 52.9 Å². The van der Waals surface area contributed by atoms with Crippen LogP contribution in [-0.2, 0) is 6.42 Å². The number of benzene rings is 1. The number of nitrogens with zero attached hydrogens (tertiary/aromatic N) is 2. The number of hydrogen-bond donors (Lipinski definition) is 0. The Morgan fingerprint density at radius 1 is 1.24 bits per heavy atom. The standard InChI is InChI=1S/C19H22N2/c1-2-19-9-5-11-20-12-8-15-14-6-3-4-7-16(14)21(13-10-19)17(15)18(19)20/h3-4,6-7,10,13,18H,2,5,8-9,11-12H2,1H3/t18-,19-/m1/s1. The van der Waals surface area contributed by atoms with Crippen molar-refractivity contribution in [3.05, 3.63) is 41.6 Å². The van der Waals surface area contributed by atoms with E-state index in [-0.39, 0.29) is 0 Å². The van der Waals surface area contributed by atoms with Crippen LogP contribution in [0.4, 0.5) is 0 Å². The van der Waals surface area contributed by atoms with Gasteiger partial charge in [0.15, 0.2) is 0 Å². The molecule has 2 atom stereocenters. The van der Waals surface area contributed by atoms with E-state index in [1.807, 2.05) is 0 Å². The zero-order valence-electron chi connectivity index (χ0n) is 12.7. The fourth-order valence-corrected chi connectivity index (χ4v) is 5.14. The zero-order chi connectivity index (χ0) is 14.0. The van der Waals surface area contributed by atoms with Gasteiger partial charge in [-0.05, 0) is 43.9 Å². The molecule has 0 bridgehead atoms. The summed E-state index contributed by atoms with van der Waals surface area (Å²) in [6.07, 6.45) is 10.1. The fourth-order valence-electron chi connectivity index (χ4n) is 5.14. The molecule has 1 saturated heterocycles. The van der Waals surface area contributed by atoms with E-state index < -0.39 is 0 Å². The average Bonchev–Trinajstić information content (AvgIpc) is 2.88. The van der Waals surface area contributed by atoms with Crippen LogP contribution in [0.5, 0.6) is 0 Å². The maximum absolute atomic E-state index is 2.76. The van der Waals surface area contributed by atoms with Crippen LogP contribution in [0, 0.1) is 5.41 Å². The average molecular weight is 278 g/mol. The first-order chi connectivity index (χ1) is 10.3. The van der Waals surface area contributed by atoms with Crippen molar-refractivity contribution in [2.45, 2.75) is 38.6 Å². The van der Waals surface area contributed by atoms with Crippen molar-refractivity contribution in [3.8, 4) is 0 Å².